The molecule has 96 valence electrons. The van der Waals surface area contributed by atoms with Crippen LogP contribution >= 0.6 is 0 Å². The third kappa shape index (κ3) is 3.97. The van der Waals surface area contributed by atoms with E-state index in [1.54, 1.807) is 11.1 Å². The zero-order valence-corrected chi connectivity index (χ0v) is 11.3. The molecule has 0 spiro atoms. The standard InChI is InChI=1S/C15H26N2/c1-3-17-10-7-14(8-11-17)4-5-15-12-13(2)6-9-16-15/h7,12,15-16H,3-6,8-11H2,1-2H3. The van der Waals surface area contributed by atoms with E-state index in [0.29, 0.717) is 6.04 Å². The molecule has 0 bridgehead atoms. The van der Waals surface area contributed by atoms with Crippen molar-refractivity contribution in [2.75, 3.05) is 26.2 Å². The predicted octanol–water partition coefficient (Wildman–Crippen LogP) is 2.73. The van der Waals surface area contributed by atoms with Gasteiger partial charge in [0.15, 0.2) is 0 Å². The molecule has 0 saturated carbocycles. The molecule has 1 N–H and O–H groups in total. The van der Waals surface area contributed by atoms with Crippen LogP contribution in [0, 0.1) is 0 Å². The summed E-state index contributed by atoms with van der Waals surface area (Å²) in [6.07, 6.45) is 9.93. The number of hydrogen-bond donors (Lipinski definition) is 1. The first-order valence-corrected chi connectivity index (χ1v) is 7.09. The Morgan fingerprint density at radius 2 is 2.29 bits per heavy atom. The first-order chi connectivity index (χ1) is 8.28. The summed E-state index contributed by atoms with van der Waals surface area (Å²) in [5, 5.41) is 3.60. The molecule has 0 fully saturated rings. The SMILES string of the molecule is CCN1CC=C(CCC2C=C(C)CCN2)CC1. The number of hydrogen-bond acceptors (Lipinski definition) is 2. The predicted molar refractivity (Wildman–Crippen MR) is 74.2 cm³/mol. The highest BCUT2D eigenvalue weighted by molar-refractivity contribution is 5.12. The van der Waals surface area contributed by atoms with Crippen molar-refractivity contribution >= 4 is 0 Å². The molecule has 0 radical (unpaired) electrons. The van der Waals surface area contributed by atoms with Crippen molar-refractivity contribution in [3.05, 3.63) is 23.3 Å². The van der Waals surface area contributed by atoms with Crippen LogP contribution in [0.4, 0.5) is 0 Å². The van der Waals surface area contributed by atoms with Crippen molar-refractivity contribution in [2.45, 2.75) is 45.6 Å². The minimum absolute atomic E-state index is 0.619. The highest BCUT2D eigenvalue weighted by Crippen LogP contribution is 2.19. The van der Waals surface area contributed by atoms with Gasteiger partial charge in [-0.15, -0.1) is 0 Å². The summed E-state index contributed by atoms with van der Waals surface area (Å²) in [5.41, 5.74) is 3.23. The quantitative estimate of drug-likeness (QED) is 0.752. The fourth-order valence-corrected chi connectivity index (χ4v) is 2.73. The van der Waals surface area contributed by atoms with Gasteiger partial charge in [0.25, 0.3) is 0 Å². The van der Waals surface area contributed by atoms with Crippen LogP contribution in [0.1, 0.15) is 39.5 Å². The van der Waals surface area contributed by atoms with E-state index in [1.807, 2.05) is 0 Å². The maximum absolute atomic E-state index is 3.60. The molecule has 2 nitrogen and oxygen atoms in total. The summed E-state index contributed by atoms with van der Waals surface area (Å²) in [7, 11) is 0. The molecule has 0 saturated heterocycles. The third-order valence-corrected chi connectivity index (χ3v) is 4.02. The van der Waals surface area contributed by atoms with Crippen LogP contribution in [0.3, 0.4) is 0 Å². The summed E-state index contributed by atoms with van der Waals surface area (Å²) in [5.74, 6) is 0. The lowest BCUT2D eigenvalue weighted by molar-refractivity contribution is 0.307. The molecule has 1 atom stereocenters. The molecule has 0 aliphatic carbocycles. The van der Waals surface area contributed by atoms with Gasteiger partial charge in [-0.05, 0) is 45.7 Å². The molecule has 0 aromatic heterocycles. The normalized spacial score (nSPS) is 26.6. The molecule has 2 aliphatic heterocycles. The smallest absolute Gasteiger partial charge is 0.0255 e. The van der Waals surface area contributed by atoms with Crippen molar-refractivity contribution in [3.63, 3.8) is 0 Å². The highest BCUT2D eigenvalue weighted by Gasteiger charge is 2.13. The van der Waals surface area contributed by atoms with E-state index in [9.17, 15) is 0 Å². The molecule has 2 rings (SSSR count). The maximum Gasteiger partial charge on any atom is 0.0255 e. The second-order valence-electron chi connectivity index (χ2n) is 5.37. The average Bonchev–Trinajstić information content (AvgIpc) is 2.37. The first-order valence-electron chi connectivity index (χ1n) is 7.09. The van der Waals surface area contributed by atoms with Crippen LogP contribution in [0.2, 0.25) is 0 Å². The van der Waals surface area contributed by atoms with E-state index in [-0.39, 0.29) is 0 Å². The maximum atomic E-state index is 3.60. The molecule has 0 aromatic carbocycles. The minimum atomic E-state index is 0.619. The Hall–Kier alpha value is -0.600. The van der Waals surface area contributed by atoms with Gasteiger partial charge in [-0.2, -0.15) is 0 Å². The van der Waals surface area contributed by atoms with Gasteiger partial charge >= 0.3 is 0 Å². The summed E-state index contributed by atoms with van der Waals surface area (Å²) in [4.78, 5) is 2.51. The Labute approximate surface area is 106 Å². The lowest BCUT2D eigenvalue weighted by Gasteiger charge is -2.26. The summed E-state index contributed by atoms with van der Waals surface area (Å²) >= 11 is 0. The molecule has 17 heavy (non-hydrogen) atoms. The fraction of sp³-hybridized carbons (Fsp3) is 0.733. The minimum Gasteiger partial charge on any atom is -0.310 e. The Morgan fingerprint density at radius 3 is 2.94 bits per heavy atom. The fourth-order valence-electron chi connectivity index (χ4n) is 2.73. The van der Waals surface area contributed by atoms with Gasteiger partial charge in [0.05, 0.1) is 0 Å². The zero-order chi connectivity index (χ0) is 12.1. The van der Waals surface area contributed by atoms with Crippen LogP contribution in [-0.2, 0) is 0 Å². The Morgan fingerprint density at radius 1 is 1.41 bits per heavy atom. The van der Waals surface area contributed by atoms with E-state index in [4.69, 9.17) is 0 Å². The summed E-state index contributed by atoms with van der Waals surface area (Å²) in [6, 6.07) is 0.619. The van der Waals surface area contributed by atoms with Gasteiger partial charge in [-0.3, -0.25) is 4.90 Å². The Kier molecular flexibility index (Phi) is 4.81. The van der Waals surface area contributed by atoms with Crippen molar-refractivity contribution < 1.29 is 0 Å². The third-order valence-electron chi connectivity index (χ3n) is 4.02. The van der Waals surface area contributed by atoms with Crippen LogP contribution in [-0.4, -0.2) is 37.1 Å². The van der Waals surface area contributed by atoms with Crippen molar-refractivity contribution in [2.24, 2.45) is 0 Å². The van der Waals surface area contributed by atoms with Gasteiger partial charge in [0.2, 0.25) is 0 Å². The topological polar surface area (TPSA) is 15.3 Å². The van der Waals surface area contributed by atoms with Crippen molar-refractivity contribution in [1.29, 1.82) is 0 Å². The number of nitrogens with zero attached hydrogens (tertiary/aromatic N) is 1. The molecule has 1 unspecified atom stereocenters. The summed E-state index contributed by atoms with van der Waals surface area (Å²) in [6.45, 7) is 9.28. The van der Waals surface area contributed by atoms with Crippen LogP contribution < -0.4 is 5.32 Å². The lowest BCUT2D eigenvalue weighted by Crippen LogP contribution is -2.32. The number of likely N-dealkylation sites (N-methyl/N-ethyl adjacent to an activating group) is 1. The monoisotopic (exact) mass is 234 g/mol. The van der Waals surface area contributed by atoms with E-state index in [0.717, 1.165) is 6.54 Å². The van der Waals surface area contributed by atoms with E-state index in [2.05, 4.69) is 36.2 Å². The molecular formula is C15H26N2. The van der Waals surface area contributed by atoms with Crippen LogP contribution in [0.5, 0.6) is 0 Å². The number of nitrogens with one attached hydrogen (secondary N) is 1. The summed E-state index contributed by atoms with van der Waals surface area (Å²) < 4.78 is 0. The Balaban J connectivity index is 1.75. The second kappa shape index (κ2) is 6.36. The van der Waals surface area contributed by atoms with Gasteiger partial charge in [0, 0.05) is 19.1 Å². The van der Waals surface area contributed by atoms with E-state index >= 15 is 0 Å². The molecule has 0 amide bonds. The van der Waals surface area contributed by atoms with Crippen LogP contribution in [0.25, 0.3) is 0 Å². The van der Waals surface area contributed by atoms with Gasteiger partial charge < -0.3 is 5.32 Å². The zero-order valence-electron chi connectivity index (χ0n) is 11.3. The molecular weight excluding hydrogens is 208 g/mol. The van der Waals surface area contributed by atoms with Crippen molar-refractivity contribution in [3.8, 4) is 0 Å². The Bertz CT molecular complexity index is 304. The molecule has 0 aromatic rings. The first kappa shape index (κ1) is 12.8. The van der Waals surface area contributed by atoms with Gasteiger partial charge in [-0.1, -0.05) is 30.2 Å². The average molecular weight is 234 g/mol. The van der Waals surface area contributed by atoms with Crippen LogP contribution in [0.15, 0.2) is 23.3 Å². The largest absolute Gasteiger partial charge is 0.310 e. The number of rotatable bonds is 4. The van der Waals surface area contributed by atoms with E-state index < -0.39 is 0 Å². The molecule has 2 aliphatic rings. The second-order valence-corrected chi connectivity index (χ2v) is 5.37. The lowest BCUT2D eigenvalue weighted by atomic mass is 9.97. The van der Waals surface area contributed by atoms with Crippen molar-refractivity contribution in [1.82, 2.24) is 10.2 Å². The molecule has 2 heterocycles. The van der Waals surface area contributed by atoms with Gasteiger partial charge in [0.1, 0.15) is 0 Å². The van der Waals surface area contributed by atoms with E-state index in [1.165, 1.54) is 45.3 Å². The van der Waals surface area contributed by atoms with Gasteiger partial charge in [-0.25, -0.2) is 0 Å². The molecule has 2 heteroatoms. The highest BCUT2D eigenvalue weighted by atomic mass is 15.1.